The van der Waals surface area contributed by atoms with Gasteiger partial charge in [0, 0.05) is 68.9 Å². The number of carbonyl (C=O) groups excluding carboxylic acids is 1. The zero-order valence-corrected chi connectivity index (χ0v) is 22.6. The minimum Gasteiger partial charge on any atom is -0.492 e. The Morgan fingerprint density at radius 3 is 2.22 bits per heavy atom. The van der Waals surface area contributed by atoms with Crippen LogP contribution in [0.15, 0.2) is 36.4 Å². The molecule has 0 saturated carbocycles. The van der Waals surface area contributed by atoms with E-state index in [1.807, 2.05) is 11.8 Å². The lowest BCUT2D eigenvalue weighted by atomic mass is 9.96. The Morgan fingerprint density at radius 1 is 0.946 bits per heavy atom. The molecule has 2 heterocycles. The van der Waals surface area contributed by atoms with Crippen LogP contribution in [0.4, 0.5) is 13.2 Å². The Morgan fingerprint density at radius 2 is 1.59 bits per heavy atom. The summed E-state index contributed by atoms with van der Waals surface area (Å²) in [6.07, 6.45) is -4.41. The molecule has 2 saturated heterocycles. The number of amides is 1. The van der Waals surface area contributed by atoms with E-state index in [1.165, 1.54) is 34.8 Å². The van der Waals surface area contributed by atoms with E-state index in [0.29, 0.717) is 32.8 Å². The maximum absolute atomic E-state index is 12.8. The molecule has 4 rings (SSSR count). The van der Waals surface area contributed by atoms with Crippen LogP contribution in [0.25, 0.3) is 0 Å². The third-order valence-corrected chi connectivity index (χ3v) is 8.55. The van der Waals surface area contributed by atoms with Gasteiger partial charge in [0.2, 0.25) is 0 Å². The maximum Gasteiger partial charge on any atom is 0.416 e. The molecule has 2 fully saturated rings. The lowest BCUT2D eigenvalue weighted by molar-refractivity contribution is -0.137. The molecule has 0 radical (unpaired) electrons. The highest BCUT2D eigenvalue weighted by Crippen LogP contribution is 2.32. The van der Waals surface area contributed by atoms with Gasteiger partial charge in [-0.1, -0.05) is 6.07 Å². The van der Waals surface area contributed by atoms with Crippen LogP contribution < -0.4 is 4.74 Å². The largest absolute Gasteiger partial charge is 0.492 e. The minimum absolute atomic E-state index is 0.182. The molecule has 1 unspecified atom stereocenters. The number of thioether (sulfide) groups is 1. The molecule has 0 aliphatic carbocycles. The summed E-state index contributed by atoms with van der Waals surface area (Å²) in [6.45, 7) is 12.8. The van der Waals surface area contributed by atoms with E-state index >= 15 is 0 Å². The number of carbonyl (C=O) groups is 1. The van der Waals surface area contributed by atoms with E-state index < -0.39 is 11.7 Å². The normalized spacial score (nSPS) is 18.6. The Kier molecular flexibility index (Phi) is 9.08. The molecule has 2 aliphatic rings. The molecule has 0 N–H and O–H groups in total. The van der Waals surface area contributed by atoms with Gasteiger partial charge in [-0.25, -0.2) is 0 Å². The summed E-state index contributed by atoms with van der Waals surface area (Å²) in [5, 5.41) is 0. The fraction of sp³-hybridized carbons (Fsp3) is 0.536. The molecule has 37 heavy (non-hydrogen) atoms. The SMILES string of the molecule is Cc1c(OCCN2CCSCC2)ccc(C(C)N2CCN(C(=O)c3ccc(C(F)(F)F)cc3)CC2)c1C. The molecule has 1 atom stereocenters. The number of hydrogen-bond acceptors (Lipinski definition) is 5. The Bertz CT molecular complexity index is 1060. The number of ether oxygens (including phenoxy) is 1. The van der Waals surface area contributed by atoms with Crippen LogP contribution in [0.5, 0.6) is 5.75 Å². The third kappa shape index (κ3) is 6.81. The van der Waals surface area contributed by atoms with E-state index in [2.05, 4.69) is 42.7 Å². The average Bonchev–Trinajstić information content (AvgIpc) is 2.91. The van der Waals surface area contributed by atoms with Crippen LogP contribution in [0.1, 0.15) is 45.6 Å². The van der Waals surface area contributed by atoms with Crippen molar-refractivity contribution in [3.8, 4) is 5.75 Å². The third-order valence-electron chi connectivity index (χ3n) is 7.61. The summed E-state index contributed by atoms with van der Waals surface area (Å²) < 4.78 is 44.6. The van der Waals surface area contributed by atoms with Gasteiger partial charge >= 0.3 is 6.18 Å². The van der Waals surface area contributed by atoms with Crippen molar-refractivity contribution < 1.29 is 22.7 Å². The first kappa shape index (κ1) is 27.8. The molecule has 1 amide bonds. The molecule has 0 spiro atoms. The van der Waals surface area contributed by atoms with Crippen molar-refractivity contribution in [2.24, 2.45) is 0 Å². The van der Waals surface area contributed by atoms with Crippen molar-refractivity contribution in [1.82, 2.24) is 14.7 Å². The first-order valence-electron chi connectivity index (χ1n) is 12.9. The Labute approximate surface area is 221 Å². The summed E-state index contributed by atoms with van der Waals surface area (Å²) >= 11 is 2.01. The summed E-state index contributed by atoms with van der Waals surface area (Å²) in [5.41, 5.74) is 3.18. The molecule has 2 aliphatic heterocycles. The molecule has 5 nitrogen and oxygen atoms in total. The topological polar surface area (TPSA) is 36.0 Å². The zero-order chi connectivity index (χ0) is 26.6. The van der Waals surface area contributed by atoms with Gasteiger partial charge in [0.15, 0.2) is 0 Å². The van der Waals surface area contributed by atoms with Crippen LogP contribution >= 0.6 is 11.8 Å². The smallest absolute Gasteiger partial charge is 0.416 e. The molecule has 2 aromatic rings. The van der Waals surface area contributed by atoms with Gasteiger partial charge in [0.25, 0.3) is 5.91 Å². The van der Waals surface area contributed by atoms with Gasteiger partial charge < -0.3 is 9.64 Å². The molecule has 2 aromatic carbocycles. The first-order chi connectivity index (χ1) is 17.6. The number of hydrogen-bond donors (Lipinski definition) is 0. The van der Waals surface area contributed by atoms with Crippen molar-refractivity contribution in [2.75, 3.05) is 63.9 Å². The van der Waals surface area contributed by atoms with Crippen molar-refractivity contribution in [3.05, 3.63) is 64.2 Å². The molecular formula is C28H36F3N3O2S. The first-order valence-corrected chi connectivity index (χ1v) is 14.0. The van der Waals surface area contributed by atoms with Gasteiger partial charge in [0.1, 0.15) is 12.4 Å². The Hall–Kier alpha value is -2.23. The highest BCUT2D eigenvalue weighted by molar-refractivity contribution is 7.99. The summed E-state index contributed by atoms with van der Waals surface area (Å²) in [6, 6.07) is 8.88. The zero-order valence-electron chi connectivity index (χ0n) is 21.8. The van der Waals surface area contributed by atoms with Gasteiger partial charge in [-0.05, 0) is 67.8 Å². The fourth-order valence-corrected chi connectivity index (χ4v) is 6.01. The second-order valence-electron chi connectivity index (χ2n) is 9.78. The van der Waals surface area contributed by atoms with Gasteiger partial charge in [0.05, 0.1) is 5.56 Å². The van der Waals surface area contributed by atoms with Crippen molar-refractivity contribution in [3.63, 3.8) is 0 Å². The van der Waals surface area contributed by atoms with Crippen LogP contribution in [0.2, 0.25) is 0 Å². The van der Waals surface area contributed by atoms with Crippen molar-refractivity contribution in [2.45, 2.75) is 33.0 Å². The van der Waals surface area contributed by atoms with E-state index in [-0.39, 0.29) is 17.5 Å². The van der Waals surface area contributed by atoms with E-state index in [0.717, 1.165) is 43.1 Å². The summed E-state index contributed by atoms with van der Waals surface area (Å²) in [5.74, 6) is 3.11. The number of halogens is 3. The monoisotopic (exact) mass is 535 g/mol. The lowest BCUT2D eigenvalue weighted by Gasteiger charge is -2.39. The highest BCUT2D eigenvalue weighted by atomic mass is 32.2. The number of benzene rings is 2. The second-order valence-corrected chi connectivity index (χ2v) is 11.0. The van der Waals surface area contributed by atoms with E-state index in [1.54, 1.807) is 4.90 Å². The van der Waals surface area contributed by atoms with Gasteiger partial charge in [-0.2, -0.15) is 24.9 Å². The number of nitrogens with zero attached hydrogens (tertiary/aromatic N) is 3. The predicted molar refractivity (Wildman–Crippen MR) is 143 cm³/mol. The number of rotatable bonds is 7. The molecule has 0 bridgehead atoms. The Balaban J connectivity index is 1.31. The van der Waals surface area contributed by atoms with Crippen LogP contribution in [-0.2, 0) is 6.18 Å². The van der Waals surface area contributed by atoms with E-state index in [9.17, 15) is 18.0 Å². The van der Waals surface area contributed by atoms with Crippen molar-refractivity contribution in [1.29, 1.82) is 0 Å². The lowest BCUT2D eigenvalue weighted by Crippen LogP contribution is -2.49. The standard InChI is InChI=1S/C28H36F3N3O2S/c1-20-21(2)26(36-17-14-32-15-18-37-19-16-32)9-8-25(20)22(3)33-10-12-34(13-11-33)27(35)23-4-6-24(7-5-23)28(29,30)31/h4-9,22H,10-19H2,1-3H3. The van der Waals surface area contributed by atoms with Crippen LogP contribution in [0, 0.1) is 13.8 Å². The fourth-order valence-electron chi connectivity index (χ4n) is 5.03. The maximum atomic E-state index is 12.8. The van der Waals surface area contributed by atoms with Gasteiger partial charge in [-0.15, -0.1) is 0 Å². The molecular weight excluding hydrogens is 499 g/mol. The highest BCUT2D eigenvalue weighted by Gasteiger charge is 2.31. The quantitative estimate of drug-likeness (QED) is 0.483. The van der Waals surface area contributed by atoms with Crippen LogP contribution in [0.3, 0.4) is 0 Å². The summed E-state index contributed by atoms with van der Waals surface area (Å²) in [7, 11) is 0. The van der Waals surface area contributed by atoms with Crippen LogP contribution in [-0.4, -0.2) is 84.5 Å². The van der Waals surface area contributed by atoms with Gasteiger partial charge in [-0.3, -0.25) is 14.6 Å². The molecule has 0 aromatic heterocycles. The molecule has 9 heteroatoms. The number of alkyl halides is 3. The second kappa shape index (κ2) is 12.1. The van der Waals surface area contributed by atoms with E-state index in [4.69, 9.17) is 4.74 Å². The molecule has 202 valence electrons. The predicted octanol–water partition coefficient (Wildman–Crippen LogP) is 5.27. The number of piperazine rings is 1. The van der Waals surface area contributed by atoms with Crippen molar-refractivity contribution >= 4 is 17.7 Å². The minimum atomic E-state index is -4.41. The average molecular weight is 536 g/mol. The summed E-state index contributed by atoms with van der Waals surface area (Å²) in [4.78, 5) is 19.4.